The van der Waals surface area contributed by atoms with Crippen molar-refractivity contribution in [3.05, 3.63) is 59.5 Å². The molecule has 7 nitrogen and oxygen atoms in total. The maximum atomic E-state index is 8.65. The summed E-state index contributed by atoms with van der Waals surface area (Å²) in [7, 11) is 0. The lowest BCUT2D eigenvalue weighted by atomic mass is 10.2. The maximum Gasteiger partial charge on any atom is 0.180 e. The Balaban J connectivity index is 1.30. The number of nitrogens with zero attached hydrogens (tertiary/aromatic N) is 2. The van der Waals surface area contributed by atoms with Crippen molar-refractivity contribution >= 4 is 22.3 Å². The van der Waals surface area contributed by atoms with Crippen LogP contribution in [0.2, 0.25) is 0 Å². The number of benzene rings is 2. The highest BCUT2D eigenvalue weighted by Crippen LogP contribution is 2.25. The molecule has 0 aliphatic rings. The minimum atomic E-state index is 0.0824. The molecule has 0 radical (unpaired) electrons. The summed E-state index contributed by atoms with van der Waals surface area (Å²) in [5, 5.41) is 14.1. The lowest BCUT2D eigenvalue weighted by Gasteiger charge is -2.08. The number of anilines is 1. The number of ether oxygens (including phenoxy) is 2. The SMILES string of the molecule is N/C(=N\O)c1ccc(OCCCCCOc2ccc(-c3csc(N)n3)cc2)cc1. The van der Waals surface area contributed by atoms with Crippen LogP contribution in [0.4, 0.5) is 5.13 Å². The summed E-state index contributed by atoms with van der Waals surface area (Å²) in [5.41, 5.74) is 13.8. The van der Waals surface area contributed by atoms with Crippen molar-refractivity contribution in [2.75, 3.05) is 18.9 Å². The molecule has 5 N–H and O–H groups in total. The molecule has 3 rings (SSSR count). The fraction of sp³-hybridized carbons (Fsp3) is 0.238. The Morgan fingerprint density at radius 2 is 1.52 bits per heavy atom. The molecule has 29 heavy (non-hydrogen) atoms. The van der Waals surface area contributed by atoms with E-state index in [2.05, 4.69) is 10.1 Å². The Bertz CT molecular complexity index is 924. The fourth-order valence-corrected chi connectivity index (χ4v) is 3.25. The minimum absolute atomic E-state index is 0.0824. The van der Waals surface area contributed by atoms with Crippen molar-refractivity contribution in [1.29, 1.82) is 0 Å². The molecule has 0 fully saturated rings. The van der Waals surface area contributed by atoms with Crippen LogP contribution in [0.25, 0.3) is 11.3 Å². The molecule has 0 spiro atoms. The second kappa shape index (κ2) is 10.3. The van der Waals surface area contributed by atoms with Gasteiger partial charge in [-0.15, -0.1) is 11.3 Å². The zero-order chi connectivity index (χ0) is 20.5. The van der Waals surface area contributed by atoms with E-state index in [1.165, 1.54) is 11.3 Å². The van der Waals surface area contributed by atoms with Gasteiger partial charge in [0.05, 0.1) is 18.9 Å². The van der Waals surface area contributed by atoms with Crippen LogP contribution >= 0.6 is 11.3 Å². The van der Waals surface area contributed by atoms with Crippen molar-refractivity contribution in [3.63, 3.8) is 0 Å². The van der Waals surface area contributed by atoms with Gasteiger partial charge in [-0.25, -0.2) is 4.98 Å². The van der Waals surface area contributed by atoms with Crippen LogP contribution in [0.5, 0.6) is 11.5 Å². The van der Waals surface area contributed by atoms with Gasteiger partial charge in [-0.05, 0) is 67.8 Å². The number of thiazole rings is 1. The second-order valence-electron chi connectivity index (χ2n) is 6.36. The van der Waals surface area contributed by atoms with Gasteiger partial charge in [0.25, 0.3) is 0 Å². The third-order valence-corrected chi connectivity index (χ3v) is 4.93. The van der Waals surface area contributed by atoms with Crippen molar-refractivity contribution in [1.82, 2.24) is 4.98 Å². The molecule has 0 unspecified atom stereocenters. The number of amidine groups is 1. The van der Waals surface area contributed by atoms with Gasteiger partial charge in [-0.3, -0.25) is 0 Å². The molecule has 0 aliphatic carbocycles. The van der Waals surface area contributed by atoms with Crippen molar-refractivity contribution in [2.45, 2.75) is 19.3 Å². The van der Waals surface area contributed by atoms with Crippen LogP contribution in [0.3, 0.4) is 0 Å². The summed E-state index contributed by atoms with van der Waals surface area (Å²) in [6.07, 6.45) is 2.91. The Hall–Kier alpha value is -3.26. The highest BCUT2D eigenvalue weighted by molar-refractivity contribution is 7.13. The number of nitrogens with two attached hydrogens (primary N) is 2. The van der Waals surface area contributed by atoms with Crippen molar-refractivity contribution < 1.29 is 14.7 Å². The van der Waals surface area contributed by atoms with Gasteiger partial charge in [0, 0.05) is 16.5 Å². The predicted octanol–water partition coefficient (Wildman–Crippen LogP) is 4.11. The monoisotopic (exact) mass is 412 g/mol. The van der Waals surface area contributed by atoms with E-state index in [-0.39, 0.29) is 5.84 Å². The number of unbranched alkanes of at least 4 members (excludes halogenated alkanes) is 2. The molecule has 8 heteroatoms. The predicted molar refractivity (Wildman–Crippen MR) is 116 cm³/mol. The molecular weight excluding hydrogens is 388 g/mol. The lowest BCUT2D eigenvalue weighted by molar-refractivity contribution is 0.279. The number of aromatic nitrogens is 1. The van der Waals surface area contributed by atoms with E-state index in [1.54, 1.807) is 24.3 Å². The summed E-state index contributed by atoms with van der Waals surface area (Å²) in [5.74, 6) is 1.69. The van der Waals surface area contributed by atoms with E-state index in [0.717, 1.165) is 42.0 Å². The fourth-order valence-electron chi connectivity index (χ4n) is 2.68. The number of oxime groups is 1. The number of hydrogen-bond donors (Lipinski definition) is 3. The summed E-state index contributed by atoms with van der Waals surface area (Å²) in [6, 6.07) is 15.0. The zero-order valence-electron chi connectivity index (χ0n) is 16.0. The zero-order valence-corrected chi connectivity index (χ0v) is 16.8. The molecule has 1 aromatic heterocycles. The Kier molecular flexibility index (Phi) is 7.29. The molecule has 0 bridgehead atoms. The number of nitrogen functional groups attached to an aromatic ring is 1. The van der Waals surface area contributed by atoms with Gasteiger partial charge < -0.3 is 26.1 Å². The standard InChI is InChI=1S/C21H24N4O3S/c22-20(25-26)16-6-10-18(11-7-16)28-13-3-1-2-12-27-17-8-4-15(5-9-17)19-14-29-21(23)24-19/h4-11,14,26H,1-3,12-13H2,(H2,22,25)(H2,23,24). The van der Waals surface area contributed by atoms with Crippen LogP contribution in [0.15, 0.2) is 59.1 Å². The minimum Gasteiger partial charge on any atom is -0.494 e. The molecule has 2 aromatic carbocycles. The van der Waals surface area contributed by atoms with Gasteiger partial charge in [0.15, 0.2) is 11.0 Å². The summed E-state index contributed by atoms with van der Waals surface area (Å²) < 4.78 is 11.5. The third-order valence-electron chi connectivity index (χ3n) is 4.26. The molecule has 0 saturated carbocycles. The Morgan fingerprint density at radius 1 is 0.931 bits per heavy atom. The van der Waals surface area contributed by atoms with Gasteiger partial charge in [0.2, 0.25) is 0 Å². The third kappa shape index (κ3) is 6.11. The van der Waals surface area contributed by atoms with Crippen molar-refractivity contribution in [2.24, 2.45) is 10.9 Å². The quantitative estimate of drug-likeness (QED) is 0.152. The smallest absolute Gasteiger partial charge is 0.180 e. The summed E-state index contributed by atoms with van der Waals surface area (Å²) in [6.45, 7) is 1.30. The highest BCUT2D eigenvalue weighted by Gasteiger charge is 2.03. The number of rotatable bonds is 10. The lowest BCUT2D eigenvalue weighted by Crippen LogP contribution is -2.12. The van der Waals surface area contributed by atoms with Gasteiger partial charge >= 0.3 is 0 Å². The molecule has 0 amide bonds. The Morgan fingerprint density at radius 3 is 2.03 bits per heavy atom. The van der Waals surface area contributed by atoms with Crippen molar-refractivity contribution in [3.8, 4) is 22.8 Å². The Labute approximate surface area is 173 Å². The van der Waals surface area contributed by atoms with Crippen LogP contribution in [-0.2, 0) is 0 Å². The molecule has 1 heterocycles. The molecule has 3 aromatic rings. The van der Waals surface area contributed by atoms with E-state index in [0.29, 0.717) is 23.9 Å². The molecular formula is C21H24N4O3S. The van der Waals surface area contributed by atoms with E-state index < -0.39 is 0 Å². The van der Waals surface area contributed by atoms with E-state index in [1.807, 2.05) is 29.6 Å². The topological polar surface area (TPSA) is 116 Å². The first-order valence-corrected chi connectivity index (χ1v) is 10.2. The maximum absolute atomic E-state index is 8.65. The van der Waals surface area contributed by atoms with E-state index >= 15 is 0 Å². The largest absolute Gasteiger partial charge is 0.494 e. The molecule has 152 valence electrons. The molecule has 0 atom stereocenters. The summed E-state index contributed by atoms with van der Waals surface area (Å²) >= 11 is 1.43. The normalized spacial score (nSPS) is 11.4. The second-order valence-corrected chi connectivity index (χ2v) is 7.25. The summed E-state index contributed by atoms with van der Waals surface area (Å²) in [4.78, 5) is 4.28. The van der Waals surface area contributed by atoms with Gasteiger partial charge in [0.1, 0.15) is 11.5 Å². The van der Waals surface area contributed by atoms with Crippen LogP contribution in [0.1, 0.15) is 24.8 Å². The molecule has 0 saturated heterocycles. The van der Waals surface area contributed by atoms with Crippen LogP contribution in [0, 0.1) is 0 Å². The van der Waals surface area contributed by atoms with Crippen LogP contribution < -0.4 is 20.9 Å². The highest BCUT2D eigenvalue weighted by atomic mass is 32.1. The first-order chi connectivity index (χ1) is 14.2. The van der Waals surface area contributed by atoms with Gasteiger partial charge in [-0.2, -0.15) is 0 Å². The first kappa shape index (κ1) is 20.5. The van der Waals surface area contributed by atoms with E-state index in [4.69, 9.17) is 26.1 Å². The average molecular weight is 413 g/mol. The first-order valence-electron chi connectivity index (χ1n) is 9.31. The van der Waals surface area contributed by atoms with Crippen LogP contribution in [-0.4, -0.2) is 29.2 Å². The average Bonchev–Trinajstić information content (AvgIpc) is 3.19. The van der Waals surface area contributed by atoms with Gasteiger partial charge in [-0.1, -0.05) is 5.16 Å². The molecule has 0 aliphatic heterocycles. The number of hydrogen-bond acceptors (Lipinski definition) is 7. The van der Waals surface area contributed by atoms with E-state index in [9.17, 15) is 0 Å².